The summed E-state index contributed by atoms with van der Waals surface area (Å²) in [5.74, 6) is 0.437. The van der Waals surface area contributed by atoms with Crippen LogP contribution in [0.15, 0.2) is 28.8 Å². The van der Waals surface area contributed by atoms with Crippen molar-refractivity contribution in [2.75, 3.05) is 13.2 Å². The minimum Gasteiger partial charge on any atom is -0.490 e. The molecule has 1 aromatic carbocycles. The van der Waals surface area contributed by atoms with Crippen molar-refractivity contribution in [3.05, 3.63) is 35.9 Å². The molecular weight excluding hydrogens is 351 g/mol. The molecule has 2 heterocycles. The number of ether oxygens (including phenoxy) is 1. The topological polar surface area (TPSA) is 100 Å². The van der Waals surface area contributed by atoms with Gasteiger partial charge in [-0.25, -0.2) is 9.37 Å². The summed E-state index contributed by atoms with van der Waals surface area (Å²) in [6, 6.07) is 6.76. The van der Waals surface area contributed by atoms with E-state index in [9.17, 15) is 9.18 Å². The van der Waals surface area contributed by atoms with Gasteiger partial charge >= 0.3 is 5.91 Å². The van der Waals surface area contributed by atoms with E-state index in [4.69, 9.17) is 14.4 Å². The molecule has 2 N–H and O–H groups in total. The number of rotatable bonds is 6. The van der Waals surface area contributed by atoms with Crippen molar-refractivity contribution in [1.29, 1.82) is 5.26 Å². The summed E-state index contributed by atoms with van der Waals surface area (Å²) < 4.78 is 24.2. The molecule has 1 amide bonds. The van der Waals surface area contributed by atoms with Gasteiger partial charge in [-0.2, -0.15) is 5.26 Å². The fourth-order valence-electron chi connectivity index (χ4n) is 3.06. The zero-order valence-corrected chi connectivity index (χ0v) is 14.6. The van der Waals surface area contributed by atoms with Crippen molar-refractivity contribution in [3.8, 4) is 23.1 Å². The molecule has 0 unspecified atom stereocenters. The van der Waals surface area contributed by atoms with Gasteiger partial charge < -0.3 is 19.8 Å². The molecule has 2 aromatic rings. The van der Waals surface area contributed by atoms with Crippen LogP contribution in [-0.2, 0) is 0 Å². The molecule has 0 spiro atoms. The molecule has 140 valence electrons. The maximum absolute atomic E-state index is 12.7. The number of alkyl halides is 1. The third kappa shape index (κ3) is 3.93. The first-order valence-electron chi connectivity index (χ1n) is 8.93. The standard InChI is InChI=1S/C19H19FN4O3/c20-7-12-6-13(9-22-12)24-18(25)19-23-10-17(27-19)15-5-11(8-21)1-4-16(15)26-14-2-3-14/h1,4-5,10,12-14,22H,2-3,6-7,9H2,(H,24,25)/t12-,13+/m0/s1. The first-order chi connectivity index (χ1) is 13.2. The highest BCUT2D eigenvalue weighted by atomic mass is 19.1. The van der Waals surface area contributed by atoms with Crippen LogP contribution < -0.4 is 15.4 Å². The Labute approximate surface area is 155 Å². The van der Waals surface area contributed by atoms with Crippen LogP contribution in [0.5, 0.6) is 5.75 Å². The lowest BCUT2D eigenvalue weighted by Gasteiger charge is -2.10. The first-order valence-corrected chi connectivity index (χ1v) is 8.93. The Morgan fingerprint density at radius 2 is 2.33 bits per heavy atom. The molecule has 27 heavy (non-hydrogen) atoms. The van der Waals surface area contributed by atoms with E-state index in [1.54, 1.807) is 18.2 Å². The third-order valence-electron chi connectivity index (χ3n) is 4.64. The molecule has 1 saturated carbocycles. The van der Waals surface area contributed by atoms with Crippen molar-refractivity contribution in [2.45, 2.75) is 37.5 Å². The van der Waals surface area contributed by atoms with Crippen LogP contribution in [0.1, 0.15) is 35.5 Å². The van der Waals surface area contributed by atoms with Crippen LogP contribution in [-0.4, -0.2) is 42.3 Å². The van der Waals surface area contributed by atoms with Gasteiger partial charge in [0.05, 0.1) is 29.5 Å². The number of nitrogens with zero attached hydrogens (tertiary/aromatic N) is 2. The highest BCUT2D eigenvalue weighted by Crippen LogP contribution is 2.35. The summed E-state index contributed by atoms with van der Waals surface area (Å²) in [5.41, 5.74) is 1.05. The predicted molar refractivity (Wildman–Crippen MR) is 93.9 cm³/mol. The maximum atomic E-state index is 12.7. The predicted octanol–water partition coefficient (Wildman–Crippen LogP) is 2.18. The van der Waals surface area contributed by atoms with Crippen LogP contribution in [0, 0.1) is 11.3 Å². The number of carbonyl (C=O) groups is 1. The Bertz CT molecular complexity index is 887. The number of benzene rings is 1. The fourth-order valence-corrected chi connectivity index (χ4v) is 3.06. The largest absolute Gasteiger partial charge is 0.490 e. The van der Waals surface area contributed by atoms with Crippen LogP contribution in [0.25, 0.3) is 11.3 Å². The molecule has 1 aliphatic carbocycles. The van der Waals surface area contributed by atoms with E-state index < -0.39 is 12.6 Å². The highest BCUT2D eigenvalue weighted by Gasteiger charge is 2.28. The molecule has 1 saturated heterocycles. The van der Waals surface area contributed by atoms with Crippen molar-refractivity contribution < 1.29 is 18.3 Å². The van der Waals surface area contributed by atoms with Gasteiger partial charge in [-0.15, -0.1) is 0 Å². The molecule has 0 radical (unpaired) electrons. The van der Waals surface area contributed by atoms with E-state index in [0.29, 0.717) is 35.6 Å². The second kappa shape index (κ2) is 7.37. The monoisotopic (exact) mass is 370 g/mol. The number of amides is 1. The van der Waals surface area contributed by atoms with Crippen LogP contribution in [0.4, 0.5) is 4.39 Å². The summed E-state index contributed by atoms with van der Waals surface area (Å²) in [5, 5.41) is 15.0. The van der Waals surface area contributed by atoms with E-state index >= 15 is 0 Å². The fraction of sp³-hybridized carbons (Fsp3) is 0.421. The number of hydrogen-bond acceptors (Lipinski definition) is 6. The Morgan fingerprint density at radius 3 is 3.04 bits per heavy atom. The summed E-state index contributed by atoms with van der Waals surface area (Å²) in [4.78, 5) is 16.4. The molecule has 0 bridgehead atoms. The van der Waals surface area contributed by atoms with Crippen molar-refractivity contribution in [3.63, 3.8) is 0 Å². The Morgan fingerprint density at radius 1 is 1.48 bits per heavy atom. The Hall–Kier alpha value is -2.92. The minimum atomic E-state index is -0.464. The van der Waals surface area contributed by atoms with Gasteiger partial charge in [0.25, 0.3) is 5.89 Å². The van der Waals surface area contributed by atoms with E-state index in [1.165, 1.54) is 6.20 Å². The number of nitriles is 1. The van der Waals surface area contributed by atoms with Gasteiger partial charge in [0, 0.05) is 18.6 Å². The molecule has 7 nitrogen and oxygen atoms in total. The van der Waals surface area contributed by atoms with Crippen molar-refractivity contribution >= 4 is 5.91 Å². The second-order valence-electron chi connectivity index (χ2n) is 6.84. The number of halogens is 1. The number of oxazole rings is 1. The molecule has 2 atom stereocenters. The molecule has 8 heteroatoms. The lowest BCUT2D eigenvalue weighted by Crippen LogP contribution is -2.36. The summed E-state index contributed by atoms with van der Waals surface area (Å²) in [7, 11) is 0. The summed E-state index contributed by atoms with van der Waals surface area (Å²) in [6.45, 7) is 0.0476. The smallest absolute Gasteiger partial charge is 0.307 e. The Kier molecular flexibility index (Phi) is 4.77. The number of carbonyl (C=O) groups excluding carboxylic acids is 1. The number of nitrogens with one attached hydrogen (secondary N) is 2. The number of hydrogen-bond donors (Lipinski definition) is 2. The molecule has 1 aliphatic heterocycles. The maximum Gasteiger partial charge on any atom is 0.307 e. The normalized spacial score (nSPS) is 21.6. The van der Waals surface area contributed by atoms with Gasteiger partial charge in [0.1, 0.15) is 12.4 Å². The lowest BCUT2D eigenvalue weighted by molar-refractivity contribution is 0.0905. The quantitative estimate of drug-likeness (QED) is 0.808. The van der Waals surface area contributed by atoms with Gasteiger partial charge in [-0.05, 0) is 37.5 Å². The second-order valence-corrected chi connectivity index (χ2v) is 6.84. The summed E-state index contributed by atoms with van der Waals surface area (Å²) in [6.07, 6.45) is 4.15. The molecular formula is C19H19FN4O3. The zero-order valence-electron chi connectivity index (χ0n) is 14.6. The average molecular weight is 370 g/mol. The van der Waals surface area contributed by atoms with Crippen LogP contribution in [0.2, 0.25) is 0 Å². The molecule has 1 aromatic heterocycles. The van der Waals surface area contributed by atoms with Crippen LogP contribution in [0.3, 0.4) is 0 Å². The molecule has 2 fully saturated rings. The highest BCUT2D eigenvalue weighted by molar-refractivity contribution is 5.90. The van der Waals surface area contributed by atoms with Crippen molar-refractivity contribution in [2.24, 2.45) is 0 Å². The SMILES string of the molecule is N#Cc1ccc(OC2CC2)c(-c2cnc(C(=O)N[C@H]3CN[C@H](CF)C3)o2)c1. The van der Waals surface area contributed by atoms with E-state index in [0.717, 1.165) is 12.8 Å². The van der Waals surface area contributed by atoms with E-state index in [1.807, 2.05) is 0 Å². The van der Waals surface area contributed by atoms with E-state index in [-0.39, 0.29) is 24.1 Å². The molecule has 4 rings (SSSR count). The van der Waals surface area contributed by atoms with E-state index in [2.05, 4.69) is 21.7 Å². The van der Waals surface area contributed by atoms with Gasteiger partial charge in [0.15, 0.2) is 5.76 Å². The zero-order chi connectivity index (χ0) is 18.8. The molecule has 2 aliphatic rings. The van der Waals surface area contributed by atoms with Gasteiger partial charge in [-0.1, -0.05) is 0 Å². The Balaban J connectivity index is 1.52. The van der Waals surface area contributed by atoms with Gasteiger partial charge in [-0.3, -0.25) is 4.79 Å². The van der Waals surface area contributed by atoms with Gasteiger partial charge in [0.2, 0.25) is 0 Å². The summed E-state index contributed by atoms with van der Waals surface area (Å²) >= 11 is 0. The lowest BCUT2D eigenvalue weighted by atomic mass is 10.1. The first kappa shape index (κ1) is 17.5. The number of aromatic nitrogens is 1. The van der Waals surface area contributed by atoms with Crippen LogP contribution >= 0.6 is 0 Å². The minimum absolute atomic E-state index is 0.0755. The average Bonchev–Trinajstić information content (AvgIpc) is 3.18. The third-order valence-corrected chi connectivity index (χ3v) is 4.64. The van der Waals surface area contributed by atoms with Crippen molar-refractivity contribution in [1.82, 2.24) is 15.6 Å².